The van der Waals surface area contributed by atoms with Crippen molar-refractivity contribution in [1.82, 2.24) is 9.97 Å². The summed E-state index contributed by atoms with van der Waals surface area (Å²) in [5.74, 6) is 1.85. The number of para-hydroxylation sites is 2. The zero-order valence-electron chi connectivity index (χ0n) is 17.0. The SMILES string of the molecule is CCc1nc(CN2c3ccccc3NC2c2ccc(N3CCCC3C)nc2)co1. The quantitative estimate of drug-likeness (QED) is 0.679. The van der Waals surface area contributed by atoms with Crippen LogP contribution in [0, 0.1) is 0 Å². The van der Waals surface area contributed by atoms with Gasteiger partial charge in [0, 0.05) is 30.8 Å². The summed E-state index contributed by atoms with van der Waals surface area (Å²) in [7, 11) is 0. The summed E-state index contributed by atoms with van der Waals surface area (Å²) in [4.78, 5) is 14.2. The van der Waals surface area contributed by atoms with Crippen molar-refractivity contribution in [3.05, 3.63) is 66.0 Å². The van der Waals surface area contributed by atoms with E-state index in [1.807, 2.05) is 6.20 Å². The Morgan fingerprint density at radius 2 is 2.10 bits per heavy atom. The van der Waals surface area contributed by atoms with E-state index in [-0.39, 0.29) is 6.17 Å². The first-order chi connectivity index (χ1) is 14.2. The Hall–Kier alpha value is -3.02. The van der Waals surface area contributed by atoms with Gasteiger partial charge in [0.15, 0.2) is 5.89 Å². The van der Waals surface area contributed by atoms with E-state index in [1.54, 1.807) is 6.26 Å². The molecule has 2 aliphatic heterocycles. The van der Waals surface area contributed by atoms with Gasteiger partial charge in [-0.3, -0.25) is 0 Å². The number of hydrogen-bond acceptors (Lipinski definition) is 6. The molecule has 0 saturated carbocycles. The number of anilines is 3. The summed E-state index contributed by atoms with van der Waals surface area (Å²) in [6.07, 6.45) is 7.10. The number of aromatic nitrogens is 2. The topological polar surface area (TPSA) is 57.4 Å². The zero-order chi connectivity index (χ0) is 19.8. The molecule has 4 heterocycles. The van der Waals surface area contributed by atoms with Gasteiger partial charge in [-0.1, -0.05) is 19.1 Å². The standard InChI is InChI=1S/C23H27N5O/c1-3-22-25-18(15-29-22)14-28-20-9-5-4-8-19(20)26-23(28)17-10-11-21(24-13-17)27-12-6-7-16(27)2/h4-5,8-11,13,15-16,23,26H,3,6-7,12,14H2,1-2H3. The number of nitrogens with zero attached hydrogens (tertiary/aromatic N) is 4. The van der Waals surface area contributed by atoms with Crippen LogP contribution >= 0.6 is 0 Å². The third kappa shape index (κ3) is 3.33. The third-order valence-electron chi connectivity index (χ3n) is 5.99. The molecule has 150 valence electrons. The van der Waals surface area contributed by atoms with Gasteiger partial charge in [0.2, 0.25) is 0 Å². The highest BCUT2D eigenvalue weighted by Gasteiger charge is 2.31. The lowest BCUT2D eigenvalue weighted by molar-refractivity contribution is 0.501. The van der Waals surface area contributed by atoms with Crippen LogP contribution in [0.15, 0.2) is 53.3 Å². The van der Waals surface area contributed by atoms with Crippen LogP contribution in [-0.4, -0.2) is 22.6 Å². The van der Waals surface area contributed by atoms with E-state index >= 15 is 0 Å². The lowest BCUT2D eigenvalue weighted by atomic mass is 10.2. The van der Waals surface area contributed by atoms with Crippen LogP contribution in [0.2, 0.25) is 0 Å². The Morgan fingerprint density at radius 1 is 1.21 bits per heavy atom. The number of rotatable bonds is 5. The highest BCUT2D eigenvalue weighted by atomic mass is 16.3. The molecule has 2 unspecified atom stereocenters. The summed E-state index contributed by atoms with van der Waals surface area (Å²) in [6, 6.07) is 13.3. The average molecular weight is 390 g/mol. The number of aryl methyl sites for hydroxylation is 1. The third-order valence-corrected chi connectivity index (χ3v) is 5.99. The minimum absolute atomic E-state index is 0.0201. The van der Waals surface area contributed by atoms with Gasteiger partial charge in [-0.25, -0.2) is 9.97 Å². The summed E-state index contributed by atoms with van der Waals surface area (Å²) < 4.78 is 5.56. The van der Waals surface area contributed by atoms with Crippen LogP contribution in [0.5, 0.6) is 0 Å². The van der Waals surface area contributed by atoms with Crippen LogP contribution in [0.1, 0.15) is 50.0 Å². The van der Waals surface area contributed by atoms with E-state index in [1.165, 1.54) is 18.5 Å². The normalized spacial score (nSPS) is 20.8. The summed E-state index contributed by atoms with van der Waals surface area (Å²) >= 11 is 0. The fourth-order valence-electron chi connectivity index (χ4n) is 4.41. The molecule has 0 spiro atoms. The average Bonchev–Trinajstić information content (AvgIpc) is 3.47. The Balaban J connectivity index is 1.43. The molecule has 1 aromatic carbocycles. The highest BCUT2D eigenvalue weighted by Crippen LogP contribution is 2.42. The Kier molecular flexibility index (Phi) is 4.62. The van der Waals surface area contributed by atoms with Gasteiger partial charge in [-0.2, -0.15) is 0 Å². The number of hydrogen-bond donors (Lipinski definition) is 1. The molecular formula is C23H27N5O. The molecule has 6 heteroatoms. The van der Waals surface area contributed by atoms with Crippen molar-refractivity contribution in [3.8, 4) is 0 Å². The highest BCUT2D eigenvalue weighted by molar-refractivity contribution is 5.76. The zero-order valence-corrected chi connectivity index (χ0v) is 17.0. The Morgan fingerprint density at radius 3 is 2.83 bits per heavy atom. The Labute approximate surface area is 171 Å². The number of oxazole rings is 1. The van der Waals surface area contributed by atoms with E-state index in [2.05, 4.69) is 70.3 Å². The Bertz CT molecular complexity index is 983. The van der Waals surface area contributed by atoms with Crippen LogP contribution in [0.4, 0.5) is 17.2 Å². The summed E-state index contributed by atoms with van der Waals surface area (Å²) in [5.41, 5.74) is 4.40. The molecule has 2 aromatic heterocycles. The van der Waals surface area contributed by atoms with Crippen molar-refractivity contribution in [2.45, 2.75) is 51.9 Å². The number of nitrogens with one attached hydrogen (secondary N) is 1. The van der Waals surface area contributed by atoms with Crippen molar-refractivity contribution in [1.29, 1.82) is 0 Å². The van der Waals surface area contributed by atoms with Crippen molar-refractivity contribution >= 4 is 17.2 Å². The molecule has 3 aromatic rings. The maximum Gasteiger partial charge on any atom is 0.193 e. The smallest absolute Gasteiger partial charge is 0.193 e. The first kappa shape index (κ1) is 18.0. The van der Waals surface area contributed by atoms with E-state index < -0.39 is 0 Å². The second-order valence-corrected chi connectivity index (χ2v) is 7.91. The number of pyridine rings is 1. The minimum atomic E-state index is 0.0201. The maximum atomic E-state index is 5.56. The van der Waals surface area contributed by atoms with Gasteiger partial charge in [0.1, 0.15) is 18.2 Å². The summed E-state index contributed by atoms with van der Waals surface area (Å²) in [6.45, 7) is 6.11. The van der Waals surface area contributed by atoms with Gasteiger partial charge in [0.05, 0.1) is 23.6 Å². The van der Waals surface area contributed by atoms with Gasteiger partial charge in [-0.05, 0) is 44.0 Å². The monoisotopic (exact) mass is 389 g/mol. The molecule has 0 aliphatic carbocycles. The van der Waals surface area contributed by atoms with Crippen LogP contribution in [0.3, 0.4) is 0 Å². The van der Waals surface area contributed by atoms with Crippen LogP contribution < -0.4 is 15.1 Å². The summed E-state index contributed by atoms with van der Waals surface area (Å²) in [5, 5.41) is 3.65. The molecule has 1 N–H and O–H groups in total. The first-order valence-corrected chi connectivity index (χ1v) is 10.5. The van der Waals surface area contributed by atoms with Crippen LogP contribution in [0.25, 0.3) is 0 Å². The molecule has 29 heavy (non-hydrogen) atoms. The molecule has 0 amide bonds. The largest absolute Gasteiger partial charge is 0.449 e. The molecule has 0 bridgehead atoms. The van der Waals surface area contributed by atoms with E-state index in [0.717, 1.165) is 41.6 Å². The van der Waals surface area contributed by atoms with E-state index in [9.17, 15) is 0 Å². The van der Waals surface area contributed by atoms with Crippen molar-refractivity contribution < 1.29 is 4.42 Å². The fraction of sp³-hybridized carbons (Fsp3) is 0.391. The van der Waals surface area contributed by atoms with Gasteiger partial charge >= 0.3 is 0 Å². The molecule has 5 rings (SSSR count). The first-order valence-electron chi connectivity index (χ1n) is 10.5. The lowest BCUT2D eigenvalue weighted by Gasteiger charge is -2.27. The molecule has 1 saturated heterocycles. The molecule has 2 aliphatic rings. The van der Waals surface area contributed by atoms with Gasteiger partial charge in [0.25, 0.3) is 0 Å². The number of benzene rings is 1. The van der Waals surface area contributed by atoms with E-state index in [4.69, 9.17) is 9.40 Å². The minimum Gasteiger partial charge on any atom is -0.449 e. The second kappa shape index (κ2) is 7.43. The number of fused-ring (bicyclic) bond motifs is 1. The van der Waals surface area contributed by atoms with Crippen molar-refractivity contribution in [3.63, 3.8) is 0 Å². The van der Waals surface area contributed by atoms with Gasteiger partial charge < -0.3 is 19.5 Å². The molecule has 1 fully saturated rings. The molecule has 6 nitrogen and oxygen atoms in total. The van der Waals surface area contributed by atoms with Gasteiger partial charge in [-0.15, -0.1) is 0 Å². The van der Waals surface area contributed by atoms with Crippen molar-refractivity contribution in [2.24, 2.45) is 0 Å². The fourth-order valence-corrected chi connectivity index (χ4v) is 4.41. The molecule has 0 radical (unpaired) electrons. The predicted molar refractivity (Wildman–Crippen MR) is 115 cm³/mol. The lowest BCUT2D eigenvalue weighted by Crippen LogP contribution is -2.29. The van der Waals surface area contributed by atoms with E-state index in [0.29, 0.717) is 12.6 Å². The van der Waals surface area contributed by atoms with Crippen LogP contribution in [-0.2, 0) is 13.0 Å². The predicted octanol–water partition coefficient (Wildman–Crippen LogP) is 4.75. The molecule has 2 atom stereocenters. The molecular weight excluding hydrogens is 362 g/mol. The second-order valence-electron chi connectivity index (χ2n) is 7.91. The maximum absolute atomic E-state index is 5.56. The van der Waals surface area contributed by atoms with Crippen molar-refractivity contribution in [2.75, 3.05) is 21.7 Å².